The molecule has 6 heteroatoms. The number of rotatable bonds is 3. The van der Waals surface area contributed by atoms with Crippen LogP contribution in [-0.4, -0.2) is 12.9 Å². The van der Waals surface area contributed by atoms with E-state index in [1.807, 2.05) is 0 Å². The number of methoxy groups -OCH3 is 1. The summed E-state index contributed by atoms with van der Waals surface area (Å²) in [7, 11) is 1.37. The van der Waals surface area contributed by atoms with Crippen molar-refractivity contribution in [2.45, 2.75) is 0 Å². The number of carbonyl (C=O) groups is 1. The molecule has 0 atom stereocenters. The first-order valence-electron chi connectivity index (χ1n) is 5.46. The van der Waals surface area contributed by atoms with Crippen molar-refractivity contribution in [2.24, 2.45) is 0 Å². The molecule has 0 bridgehead atoms. The van der Waals surface area contributed by atoms with Crippen LogP contribution in [0.2, 0.25) is 10.0 Å². The zero-order valence-electron chi connectivity index (χ0n) is 10.2. The van der Waals surface area contributed by atoms with Crippen LogP contribution in [0.3, 0.4) is 0 Å². The summed E-state index contributed by atoms with van der Waals surface area (Å²) in [5.41, 5.74) is 0.526. The summed E-state index contributed by atoms with van der Waals surface area (Å²) >= 11 is 14.8. The third-order valence-corrected chi connectivity index (χ3v) is 3.66. The zero-order valence-corrected chi connectivity index (χ0v) is 13.3. The van der Waals surface area contributed by atoms with Crippen molar-refractivity contribution in [3.63, 3.8) is 0 Å². The minimum atomic E-state index is -0.512. The summed E-state index contributed by atoms with van der Waals surface area (Å²) < 4.78 is 18.7. The molecule has 0 aliphatic carbocycles. The van der Waals surface area contributed by atoms with Crippen LogP contribution in [-0.2, 0) is 0 Å². The lowest BCUT2D eigenvalue weighted by molar-refractivity contribution is 0.103. The second-order valence-corrected chi connectivity index (χ2v) is 5.68. The predicted octanol–water partition coefficient (Wildman–Crippen LogP) is 5.13. The van der Waals surface area contributed by atoms with E-state index >= 15 is 0 Å². The highest BCUT2D eigenvalue weighted by atomic mass is 79.9. The van der Waals surface area contributed by atoms with Crippen LogP contribution in [0.1, 0.15) is 15.9 Å². The van der Waals surface area contributed by atoms with Crippen molar-refractivity contribution in [3.05, 3.63) is 61.8 Å². The van der Waals surface area contributed by atoms with Crippen LogP contribution in [0.15, 0.2) is 34.8 Å². The Labute approximate surface area is 133 Å². The Morgan fingerprint density at radius 3 is 2.30 bits per heavy atom. The van der Waals surface area contributed by atoms with E-state index in [2.05, 4.69) is 15.9 Å². The fourth-order valence-electron chi connectivity index (χ4n) is 1.72. The number of hydrogen-bond acceptors (Lipinski definition) is 2. The number of ether oxygens (including phenoxy) is 1. The van der Waals surface area contributed by atoms with E-state index in [1.54, 1.807) is 0 Å². The van der Waals surface area contributed by atoms with Crippen LogP contribution in [0.5, 0.6) is 5.75 Å². The molecule has 2 rings (SSSR count). The lowest BCUT2D eigenvalue weighted by Gasteiger charge is -2.09. The van der Waals surface area contributed by atoms with Crippen molar-refractivity contribution < 1.29 is 13.9 Å². The van der Waals surface area contributed by atoms with E-state index in [0.29, 0.717) is 15.6 Å². The number of halogens is 4. The molecular weight excluding hydrogens is 370 g/mol. The summed E-state index contributed by atoms with van der Waals surface area (Å²) in [4.78, 5) is 12.5. The Balaban J connectivity index is 2.55. The second kappa shape index (κ2) is 6.12. The summed E-state index contributed by atoms with van der Waals surface area (Å²) in [6.45, 7) is 0. The standard InChI is InChI=1S/C14H8BrCl2FO2/c1-20-13-6-12(18)11(15)5-10(13)14(19)7-2-8(16)4-9(17)3-7/h2-6H,1H3. The Kier molecular flexibility index (Phi) is 4.68. The van der Waals surface area contributed by atoms with E-state index in [1.165, 1.54) is 31.4 Å². The molecule has 0 aromatic heterocycles. The molecule has 0 amide bonds. The fraction of sp³-hybridized carbons (Fsp3) is 0.0714. The van der Waals surface area contributed by atoms with Gasteiger partial charge in [0.2, 0.25) is 0 Å². The molecule has 0 saturated carbocycles. The molecule has 0 heterocycles. The molecule has 2 nitrogen and oxygen atoms in total. The van der Waals surface area contributed by atoms with Gasteiger partial charge in [0.15, 0.2) is 5.78 Å². The molecule has 0 N–H and O–H groups in total. The van der Waals surface area contributed by atoms with E-state index in [-0.39, 0.29) is 21.6 Å². The molecule has 0 unspecified atom stereocenters. The van der Waals surface area contributed by atoms with Crippen molar-refractivity contribution in [1.82, 2.24) is 0 Å². The Bertz CT molecular complexity index is 669. The van der Waals surface area contributed by atoms with Crippen LogP contribution in [0.25, 0.3) is 0 Å². The minimum absolute atomic E-state index is 0.145. The monoisotopic (exact) mass is 376 g/mol. The molecule has 0 spiro atoms. The van der Waals surface area contributed by atoms with E-state index in [4.69, 9.17) is 27.9 Å². The lowest BCUT2D eigenvalue weighted by atomic mass is 10.0. The van der Waals surface area contributed by atoms with Gasteiger partial charge in [-0.1, -0.05) is 23.2 Å². The predicted molar refractivity (Wildman–Crippen MR) is 80.5 cm³/mol. The quantitative estimate of drug-likeness (QED) is 0.692. The molecule has 104 valence electrons. The zero-order chi connectivity index (χ0) is 14.9. The third-order valence-electron chi connectivity index (χ3n) is 2.61. The highest BCUT2D eigenvalue weighted by molar-refractivity contribution is 9.10. The van der Waals surface area contributed by atoms with Gasteiger partial charge < -0.3 is 4.74 Å². The molecule has 20 heavy (non-hydrogen) atoms. The maximum Gasteiger partial charge on any atom is 0.196 e. The average molecular weight is 378 g/mol. The Hall–Kier alpha value is -1.10. The summed E-state index contributed by atoms with van der Waals surface area (Å²) in [5.74, 6) is -0.721. The summed E-state index contributed by atoms with van der Waals surface area (Å²) in [5, 5.41) is 0.696. The van der Waals surface area contributed by atoms with Crippen LogP contribution >= 0.6 is 39.1 Å². The normalized spacial score (nSPS) is 10.4. The van der Waals surface area contributed by atoms with E-state index in [9.17, 15) is 9.18 Å². The summed E-state index contributed by atoms with van der Waals surface area (Å²) in [6.07, 6.45) is 0. The average Bonchev–Trinajstić information content (AvgIpc) is 2.39. The maximum atomic E-state index is 13.5. The second-order valence-electron chi connectivity index (χ2n) is 3.95. The molecule has 2 aromatic carbocycles. The van der Waals surface area contributed by atoms with Gasteiger partial charge in [0.1, 0.15) is 11.6 Å². The van der Waals surface area contributed by atoms with Gasteiger partial charge in [0.25, 0.3) is 0 Å². The van der Waals surface area contributed by atoms with Crippen LogP contribution in [0, 0.1) is 5.82 Å². The largest absolute Gasteiger partial charge is 0.496 e. The van der Waals surface area contributed by atoms with Crippen molar-refractivity contribution in [2.75, 3.05) is 7.11 Å². The van der Waals surface area contributed by atoms with Crippen molar-refractivity contribution in [1.29, 1.82) is 0 Å². The SMILES string of the molecule is COc1cc(F)c(Br)cc1C(=O)c1cc(Cl)cc(Cl)c1. The first-order valence-corrected chi connectivity index (χ1v) is 7.01. The van der Waals surface area contributed by atoms with Crippen LogP contribution < -0.4 is 4.74 Å². The molecule has 0 saturated heterocycles. The van der Waals surface area contributed by atoms with Gasteiger partial charge in [-0.3, -0.25) is 4.79 Å². The first-order chi connectivity index (χ1) is 9.42. The van der Waals surface area contributed by atoms with Gasteiger partial charge >= 0.3 is 0 Å². The van der Waals surface area contributed by atoms with E-state index < -0.39 is 5.82 Å². The molecule has 0 aliphatic rings. The first kappa shape index (κ1) is 15.3. The van der Waals surface area contributed by atoms with Crippen molar-refractivity contribution >= 4 is 44.9 Å². The molecule has 0 aliphatic heterocycles. The van der Waals surface area contributed by atoms with E-state index in [0.717, 1.165) is 6.07 Å². The number of carbonyl (C=O) groups excluding carboxylic acids is 1. The van der Waals surface area contributed by atoms with Gasteiger partial charge in [0.05, 0.1) is 17.1 Å². The van der Waals surface area contributed by atoms with Crippen LogP contribution in [0.4, 0.5) is 4.39 Å². The Morgan fingerprint density at radius 1 is 1.15 bits per heavy atom. The van der Waals surface area contributed by atoms with Gasteiger partial charge in [-0.15, -0.1) is 0 Å². The topological polar surface area (TPSA) is 26.3 Å². The third kappa shape index (κ3) is 3.14. The fourth-order valence-corrected chi connectivity index (χ4v) is 2.58. The Morgan fingerprint density at radius 2 is 1.75 bits per heavy atom. The van der Waals surface area contributed by atoms with Crippen molar-refractivity contribution in [3.8, 4) is 5.75 Å². The smallest absolute Gasteiger partial charge is 0.196 e. The number of hydrogen-bond donors (Lipinski definition) is 0. The number of ketones is 1. The molecular formula is C14H8BrCl2FO2. The minimum Gasteiger partial charge on any atom is -0.496 e. The number of benzene rings is 2. The van der Waals surface area contributed by atoms with Gasteiger partial charge in [-0.2, -0.15) is 0 Å². The molecule has 0 radical (unpaired) electrons. The molecule has 0 fully saturated rings. The van der Waals surface area contributed by atoms with Gasteiger partial charge in [-0.05, 0) is 40.2 Å². The molecule has 2 aromatic rings. The highest BCUT2D eigenvalue weighted by Gasteiger charge is 2.18. The lowest BCUT2D eigenvalue weighted by Crippen LogP contribution is -2.05. The maximum absolute atomic E-state index is 13.5. The summed E-state index contributed by atoms with van der Waals surface area (Å²) in [6, 6.07) is 7.02. The highest BCUT2D eigenvalue weighted by Crippen LogP contribution is 2.29. The van der Waals surface area contributed by atoms with Gasteiger partial charge in [0, 0.05) is 21.7 Å². The van der Waals surface area contributed by atoms with Gasteiger partial charge in [-0.25, -0.2) is 4.39 Å².